The van der Waals surface area contributed by atoms with E-state index in [4.69, 9.17) is 4.52 Å². The Balaban J connectivity index is 1.34. The Kier molecular flexibility index (Phi) is 4.98. The number of nitrogens with one attached hydrogen (secondary N) is 2. The molecular weight excluding hydrogens is 358 g/mol. The molecule has 6 heteroatoms. The molecule has 0 atom stereocenters. The summed E-state index contributed by atoms with van der Waals surface area (Å²) in [6, 6.07) is 23.2. The van der Waals surface area contributed by atoms with Gasteiger partial charge >= 0.3 is 0 Å². The molecule has 0 aliphatic carbocycles. The summed E-state index contributed by atoms with van der Waals surface area (Å²) < 4.78 is 5.30. The average Bonchev–Trinajstić information content (AvgIpc) is 3.36. The Bertz CT molecular complexity index is 1010. The van der Waals surface area contributed by atoms with Crippen molar-refractivity contribution in [3.63, 3.8) is 0 Å². The molecule has 27 heavy (non-hydrogen) atoms. The zero-order valence-electron chi connectivity index (χ0n) is 14.4. The minimum absolute atomic E-state index is 0.134. The quantitative estimate of drug-likeness (QED) is 0.478. The van der Waals surface area contributed by atoms with Crippen molar-refractivity contribution >= 4 is 34.3 Å². The van der Waals surface area contributed by atoms with Crippen molar-refractivity contribution < 1.29 is 9.32 Å². The van der Waals surface area contributed by atoms with Gasteiger partial charge in [0, 0.05) is 23.1 Å². The third-order valence-electron chi connectivity index (χ3n) is 3.90. The average molecular weight is 375 g/mol. The van der Waals surface area contributed by atoms with E-state index in [2.05, 4.69) is 15.8 Å². The first-order valence-corrected chi connectivity index (χ1v) is 9.36. The third-order valence-corrected chi connectivity index (χ3v) is 4.78. The van der Waals surface area contributed by atoms with Gasteiger partial charge in [0.15, 0.2) is 5.76 Å². The SMILES string of the molecule is O=C(Cc1cc(-c2cccs2)on1)Nc1ccc(Nc2ccccc2)cc1. The lowest BCUT2D eigenvalue weighted by Gasteiger charge is -2.08. The number of hydrogen-bond donors (Lipinski definition) is 2. The second-order valence-electron chi connectivity index (χ2n) is 5.95. The standard InChI is InChI=1S/C21H17N3O2S/c25-21(14-18-13-19(26-24-18)20-7-4-12-27-20)23-17-10-8-16(9-11-17)22-15-5-2-1-3-6-15/h1-13,22H,14H2,(H,23,25). The van der Waals surface area contributed by atoms with Gasteiger partial charge in [-0.1, -0.05) is 29.4 Å². The van der Waals surface area contributed by atoms with Gasteiger partial charge in [-0.2, -0.15) is 0 Å². The summed E-state index contributed by atoms with van der Waals surface area (Å²) in [5.74, 6) is 0.550. The van der Waals surface area contributed by atoms with E-state index in [1.807, 2.05) is 72.1 Å². The second kappa shape index (κ2) is 7.88. The summed E-state index contributed by atoms with van der Waals surface area (Å²) in [6.07, 6.45) is 0.166. The van der Waals surface area contributed by atoms with Crippen LogP contribution < -0.4 is 10.6 Å². The van der Waals surface area contributed by atoms with E-state index in [0.717, 1.165) is 21.9 Å². The molecule has 2 aromatic heterocycles. The van der Waals surface area contributed by atoms with Crippen LogP contribution in [0.5, 0.6) is 0 Å². The van der Waals surface area contributed by atoms with Crippen molar-refractivity contribution in [3.8, 4) is 10.6 Å². The van der Waals surface area contributed by atoms with Gasteiger partial charge < -0.3 is 15.2 Å². The number of carbonyl (C=O) groups excluding carboxylic acids is 1. The Morgan fingerprint density at radius 2 is 1.67 bits per heavy atom. The first-order valence-electron chi connectivity index (χ1n) is 8.48. The Morgan fingerprint density at radius 1 is 0.926 bits per heavy atom. The molecule has 0 saturated carbocycles. The fraction of sp³-hybridized carbons (Fsp3) is 0.0476. The molecule has 2 heterocycles. The van der Waals surface area contributed by atoms with E-state index in [9.17, 15) is 4.79 Å². The molecule has 2 N–H and O–H groups in total. The number of carbonyl (C=O) groups is 1. The number of aromatic nitrogens is 1. The first-order chi connectivity index (χ1) is 13.3. The zero-order chi connectivity index (χ0) is 18.5. The van der Waals surface area contributed by atoms with Crippen LogP contribution in [0.1, 0.15) is 5.69 Å². The van der Waals surface area contributed by atoms with Gasteiger partial charge in [0.05, 0.1) is 17.0 Å². The van der Waals surface area contributed by atoms with Crippen LogP contribution in [-0.4, -0.2) is 11.1 Å². The van der Waals surface area contributed by atoms with Crippen LogP contribution in [0.2, 0.25) is 0 Å². The lowest BCUT2D eigenvalue weighted by Crippen LogP contribution is -2.14. The van der Waals surface area contributed by atoms with Gasteiger partial charge in [-0.15, -0.1) is 11.3 Å². The normalized spacial score (nSPS) is 10.5. The van der Waals surface area contributed by atoms with E-state index in [0.29, 0.717) is 11.5 Å². The smallest absolute Gasteiger partial charge is 0.230 e. The lowest BCUT2D eigenvalue weighted by atomic mass is 10.2. The number of anilines is 3. The van der Waals surface area contributed by atoms with Crippen LogP contribution >= 0.6 is 11.3 Å². The molecule has 0 aliphatic heterocycles. The van der Waals surface area contributed by atoms with Crippen LogP contribution in [0.3, 0.4) is 0 Å². The molecule has 0 bridgehead atoms. The highest BCUT2D eigenvalue weighted by atomic mass is 32.1. The molecule has 134 valence electrons. The Morgan fingerprint density at radius 3 is 2.41 bits per heavy atom. The molecule has 0 fully saturated rings. The topological polar surface area (TPSA) is 67.2 Å². The molecule has 5 nitrogen and oxygen atoms in total. The largest absolute Gasteiger partial charge is 0.356 e. The predicted octanol–water partition coefficient (Wildman–Crippen LogP) is 5.33. The van der Waals surface area contributed by atoms with Crippen molar-refractivity contribution in [2.45, 2.75) is 6.42 Å². The number of para-hydroxylation sites is 1. The second-order valence-corrected chi connectivity index (χ2v) is 6.90. The highest BCUT2D eigenvalue weighted by Gasteiger charge is 2.11. The molecule has 0 radical (unpaired) electrons. The molecule has 0 spiro atoms. The maximum absolute atomic E-state index is 12.2. The lowest BCUT2D eigenvalue weighted by molar-refractivity contribution is -0.115. The molecule has 4 rings (SSSR count). The number of nitrogens with zero attached hydrogens (tertiary/aromatic N) is 1. The van der Waals surface area contributed by atoms with Gasteiger partial charge in [-0.3, -0.25) is 4.79 Å². The van der Waals surface area contributed by atoms with E-state index in [-0.39, 0.29) is 12.3 Å². The molecule has 2 aromatic carbocycles. The van der Waals surface area contributed by atoms with Crippen molar-refractivity contribution in [2.75, 3.05) is 10.6 Å². The van der Waals surface area contributed by atoms with E-state index in [1.54, 1.807) is 17.4 Å². The molecule has 0 saturated heterocycles. The van der Waals surface area contributed by atoms with Crippen molar-refractivity contribution in [1.82, 2.24) is 5.16 Å². The maximum Gasteiger partial charge on any atom is 0.230 e. The van der Waals surface area contributed by atoms with Crippen LogP contribution in [0, 0.1) is 0 Å². The minimum Gasteiger partial charge on any atom is -0.356 e. The van der Waals surface area contributed by atoms with E-state index >= 15 is 0 Å². The summed E-state index contributed by atoms with van der Waals surface area (Å²) in [4.78, 5) is 13.2. The van der Waals surface area contributed by atoms with Crippen LogP contribution in [0.25, 0.3) is 10.6 Å². The number of hydrogen-bond acceptors (Lipinski definition) is 5. The molecule has 0 unspecified atom stereocenters. The molecule has 1 amide bonds. The highest BCUT2D eigenvalue weighted by Crippen LogP contribution is 2.25. The van der Waals surface area contributed by atoms with Gasteiger partial charge in [-0.05, 0) is 47.8 Å². The first kappa shape index (κ1) is 17.1. The Labute approximate surface area is 160 Å². The third kappa shape index (κ3) is 4.43. The van der Waals surface area contributed by atoms with E-state index in [1.165, 1.54) is 0 Å². The number of rotatable bonds is 6. The van der Waals surface area contributed by atoms with Crippen molar-refractivity contribution in [2.24, 2.45) is 0 Å². The fourth-order valence-electron chi connectivity index (χ4n) is 2.62. The van der Waals surface area contributed by atoms with Crippen LogP contribution in [0.15, 0.2) is 82.7 Å². The van der Waals surface area contributed by atoms with Gasteiger partial charge in [-0.25, -0.2) is 0 Å². The number of benzene rings is 2. The number of amides is 1. The summed E-state index contributed by atoms with van der Waals surface area (Å²) >= 11 is 1.57. The fourth-order valence-corrected chi connectivity index (χ4v) is 3.30. The zero-order valence-corrected chi connectivity index (χ0v) is 15.2. The monoisotopic (exact) mass is 375 g/mol. The Hall–Kier alpha value is -3.38. The van der Waals surface area contributed by atoms with Crippen molar-refractivity contribution in [1.29, 1.82) is 0 Å². The summed E-state index contributed by atoms with van der Waals surface area (Å²) in [5, 5.41) is 12.1. The highest BCUT2D eigenvalue weighted by molar-refractivity contribution is 7.13. The molecule has 4 aromatic rings. The van der Waals surface area contributed by atoms with Crippen LogP contribution in [-0.2, 0) is 11.2 Å². The predicted molar refractivity (Wildman–Crippen MR) is 108 cm³/mol. The van der Waals surface area contributed by atoms with Gasteiger partial charge in [0.1, 0.15) is 0 Å². The molecule has 0 aliphatic rings. The van der Waals surface area contributed by atoms with Crippen molar-refractivity contribution in [3.05, 3.63) is 83.9 Å². The summed E-state index contributed by atoms with van der Waals surface area (Å²) in [6.45, 7) is 0. The minimum atomic E-state index is -0.134. The number of thiophene rings is 1. The summed E-state index contributed by atoms with van der Waals surface area (Å²) in [7, 11) is 0. The van der Waals surface area contributed by atoms with Gasteiger partial charge in [0.25, 0.3) is 0 Å². The van der Waals surface area contributed by atoms with Gasteiger partial charge in [0.2, 0.25) is 5.91 Å². The van der Waals surface area contributed by atoms with Crippen LogP contribution in [0.4, 0.5) is 17.1 Å². The summed E-state index contributed by atoms with van der Waals surface area (Å²) in [5.41, 5.74) is 3.32. The maximum atomic E-state index is 12.2. The molecular formula is C21H17N3O2S. The van der Waals surface area contributed by atoms with E-state index < -0.39 is 0 Å².